The molecule has 0 saturated carbocycles. The number of amides is 3. The third-order valence-electron chi connectivity index (χ3n) is 3.61. The number of hydrogen-bond donors (Lipinski definition) is 2. The average molecular weight is 440 g/mol. The van der Waals surface area contributed by atoms with Gasteiger partial charge in [0.05, 0.1) is 15.8 Å². The van der Waals surface area contributed by atoms with Gasteiger partial charge in [-0.25, -0.2) is 4.79 Å². The zero-order valence-corrected chi connectivity index (χ0v) is 16.3. The number of carbonyl (C=O) groups is 2. The summed E-state index contributed by atoms with van der Waals surface area (Å²) >= 11 is 13.1. The maximum atomic E-state index is 12.0. The number of nitrogens with one attached hydrogen (secondary N) is 2. The van der Waals surface area contributed by atoms with E-state index in [1.165, 1.54) is 0 Å². The van der Waals surface area contributed by atoms with Gasteiger partial charge >= 0.3 is 6.03 Å². The molecule has 0 saturated heterocycles. The number of halogens is 2. The van der Waals surface area contributed by atoms with Crippen molar-refractivity contribution < 1.29 is 19.1 Å². The highest BCUT2D eigenvalue weighted by molar-refractivity contribution is 7.99. The molecule has 0 radical (unpaired) electrons. The lowest BCUT2D eigenvalue weighted by atomic mass is 10.3. The number of anilines is 1. The molecule has 144 valence electrons. The number of rotatable bonds is 4. The molecule has 1 aliphatic heterocycles. The van der Waals surface area contributed by atoms with Crippen LogP contribution in [0.4, 0.5) is 10.5 Å². The van der Waals surface area contributed by atoms with Crippen molar-refractivity contribution in [3.05, 3.63) is 40.5 Å². The summed E-state index contributed by atoms with van der Waals surface area (Å²) in [7, 11) is 0. The highest BCUT2D eigenvalue weighted by atomic mass is 35.5. The lowest BCUT2D eigenvalue weighted by molar-refractivity contribution is -0.117. The number of ether oxygens (including phenoxy) is 2. The summed E-state index contributed by atoms with van der Waals surface area (Å²) in [5.41, 5.74) is 0.893. The zero-order chi connectivity index (χ0) is 19.7. The van der Waals surface area contributed by atoms with E-state index in [0.29, 0.717) is 38.0 Å². The molecule has 28 heavy (non-hydrogen) atoms. The summed E-state index contributed by atoms with van der Waals surface area (Å²) in [6, 6.07) is 5.80. The van der Waals surface area contributed by atoms with Crippen LogP contribution >= 0.6 is 35.0 Å². The van der Waals surface area contributed by atoms with E-state index in [9.17, 15) is 9.59 Å². The monoisotopic (exact) mass is 439 g/mol. The standard InChI is InChI=1S/C16H11Cl2N5O4S/c17-8-3-10(18)14-21-22-16(23(14)5-8)28-6-13(24)20-15(25)19-9-1-2-11-12(4-9)27-7-26-11/h1-5H,6-7H2,(H2,19,20,24,25). The number of aromatic nitrogens is 3. The van der Waals surface area contributed by atoms with Gasteiger partial charge in [0, 0.05) is 18.0 Å². The van der Waals surface area contributed by atoms with E-state index in [1.54, 1.807) is 34.9 Å². The van der Waals surface area contributed by atoms with Crippen molar-refractivity contribution in [3.63, 3.8) is 0 Å². The predicted molar refractivity (Wildman–Crippen MR) is 103 cm³/mol. The fourth-order valence-electron chi connectivity index (χ4n) is 2.43. The van der Waals surface area contributed by atoms with Crippen LogP contribution in [0.1, 0.15) is 0 Å². The Labute approximate surface area is 172 Å². The molecule has 2 aromatic heterocycles. The summed E-state index contributed by atoms with van der Waals surface area (Å²) in [4.78, 5) is 24.0. The topological polar surface area (TPSA) is 107 Å². The molecule has 0 unspecified atom stereocenters. The van der Waals surface area contributed by atoms with Crippen LogP contribution in [0.2, 0.25) is 10.0 Å². The molecule has 3 heterocycles. The zero-order valence-electron chi connectivity index (χ0n) is 13.9. The van der Waals surface area contributed by atoms with Gasteiger partial charge < -0.3 is 14.8 Å². The number of hydrogen-bond acceptors (Lipinski definition) is 7. The summed E-state index contributed by atoms with van der Waals surface area (Å²) < 4.78 is 12.0. The highest BCUT2D eigenvalue weighted by Gasteiger charge is 2.16. The number of nitrogens with zero attached hydrogens (tertiary/aromatic N) is 3. The van der Waals surface area contributed by atoms with Crippen LogP contribution in [-0.2, 0) is 4.79 Å². The van der Waals surface area contributed by atoms with Gasteiger partial charge in [-0.15, -0.1) is 10.2 Å². The molecule has 1 aliphatic rings. The molecule has 1 aromatic carbocycles. The molecule has 12 heteroatoms. The number of thioether (sulfide) groups is 1. The molecule has 3 amide bonds. The minimum Gasteiger partial charge on any atom is -0.454 e. The number of benzene rings is 1. The second-order valence-corrected chi connectivity index (χ2v) is 7.33. The number of carbonyl (C=O) groups excluding carboxylic acids is 2. The van der Waals surface area contributed by atoms with Crippen LogP contribution in [-0.4, -0.2) is 39.1 Å². The Balaban J connectivity index is 1.34. The second-order valence-electron chi connectivity index (χ2n) is 5.54. The Morgan fingerprint density at radius 2 is 2.00 bits per heavy atom. The van der Waals surface area contributed by atoms with Crippen molar-refractivity contribution >= 4 is 58.2 Å². The van der Waals surface area contributed by atoms with E-state index >= 15 is 0 Å². The van der Waals surface area contributed by atoms with Gasteiger partial charge in [-0.3, -0.25) is 14.5 Å². The van der Waals surface area contributed by atoms with Crippen molar-refractivity contribution in [3.8, 4) is 11.5 Å². The lowest BCUT2D eigenvalue weighted by Gasteiger charge is -2.07. The Morgan fingerprint density at radius 3 is 2.86 bits per heavy atom. The molecule has 2 N–H and O–H groups in total. The van der Waals surface area contributed by atoms with E-state index in [0.717, 1.165) is 11.8 Å². The predicted octanol–water partition coefficient (Wildman–Crippen LogP) is 3.21. The van der Waals surface area contributed by atoms with Crippen molar-refractivity contribution in [1.29, 1.82) is 0 Å². The van der Waals surface area contributed by atoms with Gasteiger partial charge in [0.2, 0.25) is 12.7 Å². The Morgan fingerprint density at radius 1 is 1.18 bits per heavy atom. The molecule has 0 atom stereocenters. The summed E-state index contributed by atoms with van der Waals surface area (Å²) in [5, 5.41) is 13.9. The fourth-order valence-corrected chi connectivity index (χ4v) is 3.65. The van der Waals surface area contributed by atoms with E-state index in [1.807, 2.05) is 0 Å². The quantitative estimate of drug-likeness (QED) is 0.600. The molecule has 0 aliphatic carbocycles. The van der Waals surface area contributed by atoms with Crippen LogP contribution in [0.15, 0.2) is 35.6 Å². The van der Waals surface area contributed by atoms with Gasteiger partial charge in [-0.2, -0.15) is 0 Å². The van der Waals surface area contributed by atoms with E-state index in [-0.39, 0.29) is 12.5 Å². The Kier molecular flexibility index (Phi) is 5.16. The molecule has 0 spiro atoms. The smallest absolute Gasteiger partial charge is 0.325 e. The second kappa shape index (κ2) is 7.74. The maximum absolute atomic E-state index is 12.0. The van der Waals surface area contributed by atoms with Crippen molar-refractivity contribution in [2.45, 2.75) is 5.16 Å². The molecule has 0 fully saturated rings. The van der Waals surface area contributed by atoms with E-state index in [2.05, 4.69) is 20.8 Å². The van der Waals surface area contributed by atoms with Crippen molar-refractivity contribution in [2.24, 2.45) is 0 Å². The first-order valence-electron chi connectivity index (χ1n) is 7.82. The number of fused-ring (bicyclic) bond motifs is 2. The third-order valence-corrected chi connectivity index (χ3v) is 5.04. The van der Waals surface area contributed by atoms with Crippen LogP contribution in [0, 0.1) is 0 Å². The molecule has 0 bridgehead atoms. The first-order valence-corrected chi connectivity index (χ1v) is 9.57. The number of imide groups is 1. The minimum absolute atomic E-state index is 0.0561. The summed E-state index contributed by atoms with van der Waals surface area (Å²) in [6.45, 7) is 0.133. The number of urea groups is 1. The fraction of sp³-hybridized carbons (Fsp3) is 0.125. The van der Waals surface area contributed by atoms with Gasteiger partial charge in [0.1, 0.15) is 0 Å². The third kappa shape index (κ3) is 3.93. The van der Waals surface area contributed by atoms with Crippen molar-refractivity contribution in [2.75, 3.05) is 17.9 Å². The van der Waals surface area contributed by atoms with Gasteiger partial charge in [-0.05, 0) is 18.2 Å². The van der Waals surface area contributed by atoms with E-state index in [4.69, 9.17) is 32.7 Å². The normalized spacial score (nSPS) is 12.2. The van der Waals surface area contributed by atoms with E-state index < -0.39 is 11.9 Å². The molecule has 9 nitrogen and oxygen atoms in total. The number of pyridine rings is 1. The van der Waals surface area contributed by atoms with Crippen molar-refractivity contribution in [1.82, 2.24) is 19.9 Å². The minimum atomic E-state index is -0.665. The molecule has 4 rings (SSSR count). The maximum Gasteiger partial charge on any atom is 0.325 e. The van der Waals surface area contributed by atoms with Gasteiger partial charge in [-0.1, -0.05) is 35.0 Å². The first-order chi connectivity index (χ1) is 13.5. The summed E-state index contributed by atoms with van der Waals surface area (Å²) in [6.07, 6.45) is 1.59. The van der Waals surface area contributed by atoms with Crippen LogP contribution < -0.4 is 20.1 Å². The molecular formula is C16H11Cl2N5O4S. The molecular weight excluding hydrogens is 429 g/mol. The van der Waals surface area contributed by atoms with Gasteiger partial charge in [0.25, 0.3) is 0 Å². The SMILES string of the molecule is O=C(CSc1nnc2c(Cl)cc(Cl)cn12)NC(=O)Nc1ccc2c(c1)OCO2. The van der Waals surface area contributed by atoms with Crippen LogP contribution in [0.25, 0.3) is 5.65 Å². The Bertz CT molecular complexity index is 1090. The Hall–Kier alpha value is -2.69. The van der Waals surface area contributed by atoms with Crippen LogP contribution in [0.5, 0.6) is 11.5 Å². The highest BCUT2D eigenvalue weighted by Crippen LogP contribution is 2.34. The van der Waals surface area contributed by atoms with Gasteiger partial charge in [0.15, 0.2) is 22.3 Å². The molecule has 3 aromatic rings. The lowest BCUT2D eigenvalue weighted by Crippen LogP contribution is -2.35. The van der Waals surface area contributed by atoms with Crippen LogP contribution in [0.3, 0.4) is 0 Å². The average Bonchev–Trinajstić information content (AvgIpc) is 3.26. The first kappa shape index (κ1) is 18.7. The largest absolute Gasteiger partial charge is 0.454 e. The summed E-state index contributed by atoms with van der Waals surface area (Å²) in [5.74, 6) is 0.558.